The molecule has 0 aliphatic heterocycles. The summed E-state index contributed by atoms with van der Waals surface area (Å²) >= 11 is 0. The number of nitrogens with one attached hydrogen (secondary N) is 1. The Kier molecular flexibility index (Phi) is 4.66. The highest BCUT2D eigenvalue weighted by molar-refractivity contribution is 7.92. The van der Waals surface area contributed by atoms with Crippen molar-refractivity contribution < 1.29 is 13.3 Å². The molecule has 2 aromatic carbocycles. The van der Waals surface area contributed by atoms with E-state index >= 15 is 0 Å². The maximum Gasteiger partial charge on any atom is 0.293 e. The van der Waals surface area contributed by atoms with E-state index < -0.39 is 14.9 Å². The largest absolute Gasteiger partial charge is 0.293 e. The number of aryl methyl sites for hydroxylation is 1. The lowest BCUT2D eigenvalue weighted by atomic mass is 9.87. The molecule has 2 aromatic rings. The summed E-state index contributed by atoms with van der Waals surface area (Å²) in [5.74, 6) is 0. The zero-order chi connectivity index (χ0) is 18.1. The molecular weight excluding hydrogens is 328 g/mol. The van der Waals surface area contributed by atoms with E-state index in [1.54, 1.807) is 25.1 Å². The summed E-state index contributed by atoms with van der Waals surface area (Å²) in [6.45, 7) is 7.80. The van der Waals surface area contributed by atoms with Gasteiger partial charge in [0.15, 0.2) is 0 Å². The van der Waals surface area contributed by atoms with Crippen LogP contribution >= 0.6 is 0 Å². The Hall–Kier alpha value is -2.41. The molecule has 6 nitrogen and oxygen atoms in total. The summed E-state index contributed by atoms with van der Waals surface area (Å²) in [6, 6.07) is 10.9. The Morgan fingerprint density at radius 1 is 1.04 bits per heavy atom. The molecule has 0 atom stereocenters. The molecule has 0 aliphatic rings. The van der Waals surface area contributed by atoms with Gasteiger partial charge in [0.1, 0.15) is 5.69 Å². The molecule has 0 amide bonds. The van der Waals surface area contributed by atoms with E-state index in [2.05, 4.69) is 4.72 Å². The van der Waals surface area contributed by atoms with E-state index in [1.807, 2.05) is 20.8 Å². The minimum atomic E-state index is -3.90. The Morgan fingerprint density at radius 3 is 2.12 bits per heavy atom. The first-order valence-electron chi connectivity index (χ1n) is 7.39. The third-order valence-corrected chi connectivity index (χ3v) is 5.01. The monoisotopic (exact) mass is 348 g/mol. The molecule has 0 heterocycles. The fourth-order valence-electron chi connectivity index (χ4n) is 2.22. The van der Waals surface area contributed by atoms with Gasteiger partial charge in [0.05, 0.1) is 9.82 Å². The molecule has 0 saturated carbocycles. The molecular formula is C17H20N2O4S. The van der Waals surface area contributed by atoms with Gasteiger partial charge in [0, 0.05) is 6.07 Å². The fourth-order valence-corrected chi connectivity index (χ4v) is 3.29. The number of hydrogen-bond acceptors (Lipinski definition) is 4. The summed E-state index contributed by atoms with van der Waals surface area (Å²) in [7, 11) is -3.90. The minimum Gasteiger partial charge on any atom is -0.273 e. The fraction of sp³-hybridized carbons (Fsp3) is 0.294. The molecule has 0 unspecified atom stereocenters. The summed E-state index contributed by atoms with van der Waals surface area (Å²) in [5.41, 5.74) is 1.27. The Bertz CT molecular complexity index is 866. The summed E-state index contributed by atoms with van der Waals surface area (Å²) in [5, 5.41) is 11.1. The van der Waals surface area contributed by atoms with Crippen molar-refractivity contribution in [1.82, 2.24) is 0 Å². The SMILES string of the molecule is Cc1ccc(NS(=O)(=O)c2ccc(C(C)(C)C)cc2)c([N+](=O)[O-])c1. The second kappa shape index (κ2) is 6.24. The van der Waals surface area contributed by atoms with Crippen molar-refractivity contribution in [3.8, 4) is 0 Å². The van der Waals surface area contributed by atoms with Crippen LogP contribution in [0.3, 0.4) is 0 Å². The van der Waals surface area contributed by atoms with Crippen LogP contribution in [0, 0.1) is 17.0 Å². The highest BCUT2D eigenvalue weighted by atomic mass is 32.2. The molecule has 0 saturated heterocycles. The number of nitro groups is 1. The molecule has 0 radical (unpaired) electrons. The van der Waals surface area contributed by atoms with Gasteiger partial charge in [0.2, 0.25) is 0 Å². The quantitative estimate of drug-likeness (QED) is 0.668. The third kappa shape index (κ3) is 3.91. The van der Waals surface area contributed by atoms with Crippen LogP contribution < -0.4 is 4.72 Å². The van der Waals surface area contributed by atoms with Gasteiger partial charge >= 0.3 is 0 Å². The van der Waals surface area contributed by atoms with E-state index in [9.17, 15) is 18.5 Å². The average Bonchev–Trinajstić information content (AvgIpc) is 2.48. The van der Waals surface area contributed by atoms with E-state index in [1.165, 1.54) is 24.3 Å². The second-order valence-electron chi connectivity index (χ2n) is 6.66. The predicted molar refractivity (Wildman–Crippen MR) is 93.8 cm³/mol. The van der Waals surface area contributed by atoms with Crippen molar-refractivity contribution in [2.45, 2.75) is 38.0 Å². The molecule has 1 N–H and O–H groups in total. The van der Waals surface area contributed by atoms with Crippen LogP contribution in [0.5, 0.6) is 0 Å². The van der Waals surface area contributed by atoms with Crippen LogP contribution in [0.4, 0.5) is 11.4 Å². The first kappa shape index (κ1) is 17.9. The lowest BCUT2D eigenvalue weighted by molar-refractivity contribution is -0.383. The zero-order valence-corrected chi connectivity index (χ0v) is 14.8. The van der Waals surface area contributed by atoms with Crippen molar-refractivity contribution in [2.24, 2.45) is 0 Å². The van der Waals surface area contributed by atoms with Crippen molar-refractivity contribution in [1.29, 1.82) is 0 Å². The highest BCUT2D eigenvalue weighted by Gasteiger charge is 2.22. The number of nitro benzene ring substituents is 1. The average molecular weight is 348 g/mol. The zero-order valence-electron chi connectivity index (χ0n) is 14.0. The maximum absolute atomic E-state index is 12.5. The topological polar surface area (TPSA) is 89.3 Å². The van der Waals surface area contributed by atoms with Crippen LogP contribution in [0.2, 0.25) is 0 Å². The van der Waals surface area contributed by atoms with Gasteiger partial charge in [-0.2, -0.15) is 0 Å². The molecule has 2 rings (SSSR count). The lowest BCUT2D eigenvalue weighted by Crippen LogP contribution is -2.15. The number of nitrogens with zero attached hydrogens (tertiary/aromatic N) is 1. The van der Waals surface area contributed by atoms with E-state index in [0.29, 0.717) is 5.56 Å². The van der Waals surface area contributed by atoms with Crippen LogP contribution in [0.25, 0.3) is 0 Å². The molecule has 7 heteroatoms. The Morgan fingerprint density at radius 2 is 1.62 bits per heavy atom. The summed E-state index contributed by atoms with van der Waals surface area (Å²) in [4.78, 5) is 10.6. The maximum atomic E-state index is 12.5. The van der Waals surface area contributed by atoms with Crippen LogP contribution in [-0.4, -0.2) is 13.3 Å². The standard InChI is InChI=1S/C17H20N2O4S/c1-12-5-10-15(16(11-12)19(20)21)18-24(22,23)14-8-6-13(7-9-14)17(2,3)4/h5-11,18H,1-4H3. The van der Waals surface area contributed by atoms with Gasteiger partial charge in [-0.05, 0) is 41.7 Å². The van der Waals surface area contributed by atoms with Gasteiger partial charge in [-0.25, -0.2) is 8.42 Å². The molecule has 0 spiro atoms. The van der Waals surface area contributed by atoms with Gasteiger partial charge < -0.3 is 0 Å². The van der Waals surface area contributed by atoms with E-state index in [4.69, 9.17) is 0 Å². The number of sulfonamides is 1. The Labute approximate surface area is 141 Å². The molecule has 0 fully saturated rings. The van der Waals surface area contributed by atoms with Crippen molar-refractivity contribution >= 4 is 21.4 Å². The van der Waals surface area contributed by atoms with Gasteiger partial charge in [-0.15, -0.1) is 0 Å². The normalized spacial score (nSPS) is 12.0. The first-order valence-corrected chi connectivity index (χ1v) is 8.87. The minimum absolute atomic E-state index is 0.0505. The van der Waals surface area contributed by atoms with E-state index in [-0.39, 0.29) is 21.7 Å². The molecule has 24 heavy (non-hydrogen) atoms. The summed E-state index contributed by atoms with van der Waals surface area (Å²) in [6.07, 6.45) is 0. The lowest BCUT2D eigenvalue weighted by Gasteiger charge is -2.19. The highest BCUT2D eigenvalue weighted by Crippen LogP contribution is 2.29. The molecule has 0 bridgehead atoms. The number of hydrogen-bond donors (Lipinski definition) is 1. The van der Waals surface area contributed by atoms with Crippen LogP contribution in [0.15, 0.2) is 47.4 Å². The van der Waals surface area contributed by atoms with Gasteiger partial charge in [0.25, 0.3) is 15.7 Å². The Balaban J connectivity index is 2.37. The summed E-state index contributed by atoms with van der Waals surface area (Å²) < 4.78 is 27.3. The molecule has 0 aromatic heterocycles. The van der Waals surface area contributed by atoms with Crippen molar-refractivity contribution in [3.63, 3.8) is 0 Å². The smallest absolute Gasteiger partial charge is 0.273 e. The van der Waals surface area contributed by atoms with Gasteiger partial charge in [-0.1, -0.05) is 39.0 Å². The van der Waals surface area contributed by atoms with E-state index in [0.717, 1.165) is 5.56 Å². The number of rotatable bonds is 4. The first-order chi connectivity index (χ1) is 11.0. The van der Waals surface area contributed by atoms with Crippen LogP contribution in [0.1, 0.15) is 31.9 Å². The second-order valence-corrected chi connectivity index (χ2v) is 8.34. The predicted octanol–water partition coefficient (Wildman–Crippen LogP) is 4.00. The molecule has 0 aliphatic carbocycles. The number of benzene rings is 2. The number of anilines is 1. The van der Waals surface area contributed by atoms with Crippen molar-refractivity contribution in [3.05, 3.63) is 63.7 Å². The van der Waals surface area contributed by atoms with Crippen LogP contribution in [-0.2, 0) is 15.4 Å². The van der Waals surface area contributed by atoms with Crippen molar-refractivity contribution in [2.75, 3.05) is 4.72 Å². The molecule has 128 valence electrons. The third-order valence-electron chi connectivity index (χ3n) is 3.62. The van der Waals surface area contributed by atoms with Gasteiger partial charge in [-0.3, -0.25) is 14.8 Å².